The summed E-state index contributed by atoms with van der Waals surface area (Å²) in [7, 11) is 0. The molecule has 3 rings (SSSR count). The van der Waals surface area contributed by atoms with E-state index in [0.29, 0.717) is 35.4 Å². The van der Waals surface area contributed by atoms with Gasteiger partial charge in [-0.05, 0) is 31.2 Å². The van der Waals surface area contributed by atoms with E-state index in [1.165, 1.54) is 0 Å². The largest absolute Gasteiger partial charge is 0.462 e. The Morgan fingerprint density at radius 2 is 1.72 bits per heavy atom. The molecule has 1 unspecified atom stereocenters. The van der Waals surface area contributed by atoms with E-state index in [1.54, 1.807) is 43.3 Å². The number of nitrogens with one attached hydrogen (secondary N) is 2. The van der Waals surface area contributed by atoms with Crippen molar-refractivity contribution in [2.75, 3.05) is 32.9 Å². The highest BCUT2D eigenvalue weighted by Crippen LogP contribution is 2.19. The van der Waals surface area contributed by atoms with Crippen LogP contribution in [0.3, 0.4) is 0 Å². The maximum atomic E-state index is 12.4. The standard InChI is InChI=1S/C15H20N2O4.C6H4Cl2/c1-2-21-15(19)13-6-4-3-5-12(13)14(18)17-11-9-16-7-8-20-10-11;7-5-3-1-2-4-6(5)8/h3-6,11,16H,2,7-10H2,1H3,(H,17,18);1-4H. The van der Waals surface area contributed by atoms with Gasteiger partial charge in [0.2, 0.25) is 0 Å². The second-order valence-electron chi connectivity index (χ2n) is 6.13. The van der Waals surface area contributed by atoms with Crippen molar-refractivity contribution in [1.82, 2.24) is 10.6 Å². The average molecular weight is 439 g/mol. The smallest absolute Gasteiger partial charge is 0.338 e. The molecule has 0 aliphatic carbocycles. The average Bonchev–Trinajstić information content (AvgIpc) is 2.99. The van der Waals surface area contributed by atoms with Gasteiger partial charge in [-0.15, -0.1) is 0 Å². The summed E-state index contributed by atoms with van der Waals surface area (Å²) >= 11 is 11.2. The molecule has 2 aromatic rings. The first-order chi connectivity index (χ1) is 14.0. The molecular formula is C21H24Cl2N2O4. The molecule has 1 heterocycles. The van der Waals surface area contributed by atoms with E-state index < -0.39 is 5.97 Å². The van der Waals surface area contributed by atoms with Gasteiger partial charge in [0.1, 0.15) is 0 Å². The molecule has 29 heavy (non-hydrogen) atoms. The zero-order valence-corrected chi connectivity index (χ0v) is 17.6. The van der Waals surface area contributed by atoms with Gasteiger partial charge in [-0.2, -0.15) is 0 Å². The van der Waals surface area contributed by atoms with Crippen LogP contribution in [0, 0.1) is 0 Å². The number of amides is 1. The Kier molecular flexibility index (Phi) is 9.94. The van der Waals surface area contributed by atoms with E-state index in [9.17, 15) is 9.59 Å². The van der Waals surface area contributed by atoms with Crippen LogP contribution >= 0.6 is 23.2 Å². The fraction of sp³-hybridized carbons (Fsp3) is 0.333. The van der Waals surface area contributed by atoms with Crippen molar-refractivity contribution in [1.29, 1.82) is 0 Å². The number of benzene rings is 2. The molecule has 8 heteroatoms. The molecule has 1 atom stereocenters. The minimum Gasteiger partial charge on any atom is -0.462 e. The molecule has 1 fully saturated rings. The first-order valence-corrected chi connectivity index (χ1v) is 10.0. The van der Waals surface area contributed by atoms with Crippen molar-refractivity contribution in [2.24, 2.45) is 0 Å². The quantitative estimate of drug-likeness (QED) is 0.713. The van der Waals surface area contributed by atoms with Crippen molar-refractivity contribution in [3.8, 4) is 0 Å². The molecule has 1 aliphatic heterocycles. The summed E-state index contributed by atoms with van der Waals surface area (Å²) in [4.78, 5) is 24.2. The van der Waals surface area contributed by atoms with Gasteiger partial charge in [0, 0.05) is 13.1 Å². The number of carbonyl (C=O) groups excluding carboxylic acids is 2. The minimum atomic E-state index is -0.488. The zero-order chi connectivity index (χ0) is 21.1. The van der Waals surface area contributed by atoms with Crippen molar-refractivity contribution in [2.45, 2.75) is 13.0 Å². The van der Waals surface area contributed by atoms with Gasteiger partial charge in [0.05, 0.1) is 47.0 Å². The van der Waals surface area contributed by atoms with Crippen LogP contribution in [0.5, 0.6) is 0 Å². The Labute approximate surface area is 180 Å². The Morgan fingerprint density at radius 3 is 2.34 bits per heavy atom. The molecule has 1 amide bonds. The lowest BCUT2D eigenvalue weighted by Crippen LogP contribution is -2.43. The summed E-state index contributed by atoms with van der Waals surface area (Å²) in [5.41, 5.74) is 0.597. The SMILES string of the molecule is CCOC(=O)c1ccccc1C(=O)NC1CNCCOC1.Clc1ccccc1Cl. The number of hydrogen-bond acceptors (Lipinski definition) is 5. The van der Waals surface area contributed by atoms with Gasteiger partial charge >= 0.3 is 5.97 Å². The first kappa shape index (κ1) is 23.2. The maximum absolute atomic E-state index is 12.4. The van der Waals surface area contributed by atoms with Gasteiger partial charge in [0.25, 0.3) is 5.91 Å². The third kappa shape index (κ3) is 7.66. The van der Waals surface area contributed by atoms with Crippen molar-refractivity contribution < 1.29 is 19.1 Å². The number of hydrogen-bond donors (Lipinski definition) is 2. The normalized spacial score (nSPS) is 16.0. The van der Waals surface area contributed by atoms with Gasteiger partial charge in [-0.1, -0.05) is 47.5 Å². The molecule has 1 saturated heterocycles. The molecule has 1 aliphatic rings. The molecular weight excluding hydrogens is 415 g/mol. The molecule has 0 saturated carbocycles. The van der Waals surface area contributed by atoms with E-state index in [1.807, 2.05) is 12.1 Å². The van der Waals surface area contributed by atoms with E-state index in [4.69, 9.17) is 32.7 Å². The van der Waals surface area contributed by atoms with Gasteiger partial charge in [0.15, 0.2) is 0 Å². The molecule has 0 spiro atoms. The van der Waals surface area contributed by atoms with Crippen molar-refractivity contribution in [3.05, 3.63) is 69.7 Å². The third-order valence-corrected chi connectivity index (χ3v) is 4.72. The third-order valence-electron chi connectivity index (χ3n) is 3.96. The highest BCUT2D eigenvalue weighted by molar-refractivity contribution is 6.41. The summed E-state index contributed by atoms with van der Waals surface area (Å²) in [5, 5.41) is 7.27. The molecule has 0 radical (unpaired) electrons. The second-order valence-corrected chi connectivity index (χ2v) is 6.94. The topological polar surface area (TPSA) is 76.7 Å². The number of ether oxygens (including phenoxy) is 2. The van der Waals surface area contributed by atoms with Crippen LogP contribution in [-0.4, -0.2) is 50.8 Å². The van der Waals surface area contributed by atoms with Crippen LogP contribution in [0.4, 0.5) is 0 Å². The van der Waals surface area contributed by atoms with Crippen LogP contribution < -0.4 is 10.6 Å². The predicted octanol–water partition coefficient (Wildman–Crippen LogP) is 3.57. The van der Waals surface area contributed by atoms with E-state index in [2.05, 4.69) is 10.6 Å². The Morgan fingerprint density at radius 1 is 1.10 bits per heavy atom. The molecule has 0 bridgehead atoms. The van der Waals surface area contributed by atoms with Crippen LogP contribution in [0.2, 0.25) is 10.0 Å². The fourth-order valence-electron chi connectivity index (χ4n) is 2.57. The predicted molar refractivity (Wildman–Crippen MR) is 114 cm³/mol. The molecule has 2 aromatic carbocycles. The molecule has 2 N–H and O–H groups in total. The van der Waals surface area contributed by atoms with Crippen molar-refractivity contribution in [3.63, 3.8) is 0 Å². The number of halogens is 2. The lowest BCUT2D eigenvalue weighted by molar-refractivity contribution is 0.0522. The monoisotopic (exact) mass is 438 g/mol. The Balaban J connectivity index is 0.000000313. The fourth-order valence-corrected chi connectivity index (χ4v) is 2.84. The van der Waals surface area contributed by atoms with Crippen LogP contribution in [-0.2, 0) is 9.47 Å². The van der Waals surface area contributed by atoms with Crippen LogP contribution in [0.25, 0.3) is 0 Å². The minimum absolute atomic E-state index is 0.116. The highest BCUT2D eigenvalue weighted by Gasteiger charge is 2.21. The molecule has 156 valence electrons. The number of carbonyl (C=O) groups is 2. The van der Waals surface area contributed by atoms with Crippen molar-refractivity contribution >= 4 is 35.1 Å². The van der Waals surface area contributed by atoms with E-state index >= 15 is 0 Å². The van der Waals surface area contributed by atoms with Crippen LogP contribution in [0.15, 0.2) is 48.5 Å². The van der Waals surface area contributed by atoms with E-state index in [0.717, 1.165) is 6.54 Å². The highest BCUT2D eigenvalue weighted by atomic mass is 35.5. The summed E-state index contributed by atoms with van der Waals surface area (Å²) in [6, 6.07) is 13.7. The Hall–Kier alpha value is -2.12. The van der Waals surface area contributed by atoms with Crippen LogP contribution in [0.1, 0.15) is 27.6 Å². The lowest BCUT2D eigenvalue weighted by Gasteiger charge is -2.17. The zero-order valence-electron chi connectivity index (χ0n) is 16.1. The van der Waals surface area contributed by atoms with Gasteiger partial charge < -0.3 is 20.1 Å². The number of rotatable bonds is 4. The van der Waals surface area contributed by atoms with E-state index in [-0.39, 0.29) is 24.1 Å². The first-order valence-electron chi connectivity index (χ1n) is 9.28. The van der Waals surface area contributed by atoms with Gasteiger partial charge in [-0.3, -0.25) is 4.79 Å². The summed E-state index contributed by atoms with van der Waals surface area (Å²) in [6.07, 6.45) is 0. The summed E-state index contributed by atoms with van der Waals surface area (Å²) in [5.74, 6) is -0.783. The second kappa shape index (κ2) is 12.4. The summed E-state index contributed by atoms with van der Waals surface area (Å²) in [6.45, 7) is 4.51. The van der Waals surface area contributed by atoms with Gasteiger partial charge in [-0.25, -0.2) is 4.79 Å². The maximum Gasteiger partial charge on any atom is 0.338 e. The molecule has 0 aromatic heterocycles. The molecule has 6 nitrogen and oxygen atoms in total. The lowest BCUT2D eigenvalue weighted by atomic mass is 10.1. The Bertz CT molecular complexity index is 788. The summed E-state index contributed by atoms with van der Waals surface area (Å²) < 4.78 is 10.4. The number of esters is 1.